The highest BCUT2D eigenvalue weighted by atomic mass is 32.1. The molecule has 1 aromatic carbocycles. The molecule has 0 atom stereocenters. The van der Waals surface area contributed by atoms with E-state index in [1.807, 2.05) is 18.2 Å². The molecule has 3 nitrogen and oxygen atoms in total. The Morgan fingerprint density at radius 3 is 2.76 bits per heavy atom. The van der Waals surface area contributed by atoms with E-state index in [1.54, 1.807) is 7.11 Å². The Labute approximate surface area is 108 Å². The number of thiocarbonyl (C=S) groups is 1. The summed E-state index contributed by atoms with van der Waals surface area (Å²) >= 11 is 5.03. The lowest BCUT2D eigenvalue weighted by Crippen LogP contribution is -2.14. The van der Waals surface area contributed by atoms with E-state index < -0.39 is 0 Å². The van der Waals surface area contributed by atoms with E-state index >= 15 is 0 Å². The third kappa shape index (κ3) is 4.23. The molecule has 0 aromatic heterocycles. The number of hydrogen-bond acceptors (Lipinski definition) is 3. The molecule has 0 amide bonds. The minimum atomic E-state index is 0.408. The lowest BCUT2D eigenvalue weighted by molar-refractivity contribution is 0.415. The van der Waals surface area contributed by atoms with E-state index in [4.69, 9.17) is 22.7 Å². The third-order valence-corrected chi connectivity index (χ3v) is 2.81. The summed E-state index contributed by atoms with van der Waals surface area (Å²) < 4.78 is 5.19. The number of benzene rings is 1. The lowest BCUT2D eigenvalue weighted by Gasteiger charge is -2.12. The van der Waals surface area contributed by atoms with Gasteiger partial charge in [0.15, 0.2) is 0 Å². The molecule has 94 valence electrons. The molecule has 0 heterocycles. The van der Waals surface area contributed by atoms with E-state index in [0.717, 1.165) is 30.0 Å². The predicted octanol–water partition coefficient (Wildman–Crippen LogP) is 2.93. The zero-order chi connectivity index (χ0) is 12.7. The average Bonchev–Trinajstić information content (AvgIpc) is 2.34. The second-order valence-corrected chi connectivity index (χ2v) is 4.35. The monoisotopic (exact) mass is 252 g/mol. The molecule has 4 heteroatoms. The van der Waals surface area contributed by atoms with Crippen molar-refractivity contribution in [2.45, 2.75) is 26.2 Å². The summed E-state index contributed by atoms with van der Waals surface area (Å²) in [7, 11) is 1.65. The second kappa shape index (κ2) is 7.12. The lowest BCUT2D eigenvalue weighted by atomic mass is 10.1. The Morgan fingerprint density at radius 2 is 2.18 bits per heavy atom. The molecule has 17 heavy (non-hydrogen) atoms. The van der Waals surface area contributed by atoms with Crippen molar-refractivity contribution < 1.29 is 4.74 Å². The fraction of sp³-hybridized carbons (Fsp3) is 0.462. The first-order valence-corrected chi connectivity index (χ1v) is 6.31. The van der Waals surface area contributed by atoms with E-state index in [0.29, 0.717) is 4.99 Å². The van der Waals surface area contributed by atoms with Crippen LogP contribution >= 0.6 is 12.2 Å². The zero-order valence-electron chi connectivity index (χ0n) is 10.5. The van der Waals surface area contributed by atoms with Crippen LogP contribution in [0.2, 0.25) is 0 Å². The minimum Gasteiger partial charge on any atom is -0.497 e. The summed E-state index contributed by atoms with van der Waals surface area (Å²) in [5, 5.41) is 3.36. The number of hydrogen-bond donors (Lipinski definition) is 2. The van der Waals surface area contributed by atoms with Gasteiger partial charge in [-0.3, -0.25) is 0 Å². The molecule has 0 unspecified atom stereocenters. The maximum absolute atomic E-state index is 5.69. The molecule has 0 aliphatic rings. The van der Waals surface area contributed by atoms with Gasteiger partial charge in [0.05, 0.1) is 7.11 Å². The molecule has 0 saturated carbocycles. The van der Waals surface area contributed by atoms with Crippen molar-refractivity contribution in [1.82, 2.24) is 0 Å². The normalized spacial score (nSPS) is 10.0. The Bertz CT molecular complexity index is 380. The fourth-order valence-corrected chi connectivity index (χ4v) is 1.79. The highest BCUT2D eigenvalue weighted by Gasteiger charge is 2.06. The van der Waals surface area contributed by atoms with Crippen molar-refractivity contribution in [2.24, 2.45) is 5.73 Å². The van der Waals surface area contributed by atoms with Crippen LogP contribution in [-0.2, 0) is 0 Å². The smallest absolute Gasteiger partial charge is 0.120 e. The van der Waals surface area contributed by atoms with E-state index in [1.165, 1.54) is 12.8 Å². The first kappa shape index (κ1) is 13.8. The summed E-state index contributed by atoms with van der Waals surface area (Å²) in [5.74, 6) is 0.808. The molecular weight excluding hydrogens is 232 g/mol. The Morgan fingerprint density at radius 1 is 1.41 bits per heavy atom. The molecule has 0 radical (unpaired) electrons. The van der Waals surface area contributed by atoms with E-state index in [-0.39, 0.29) is 0 Å². The van der Waals surface area contributed by atoms with E-state index in [2.05, 4.69) is 12.2 Å². The van der Waals surface area contributed by atoms with Gasteiger partial charge in [0.25, 0.3) is 0 Å². The summed E-state index contributed by atoms with van der Waals surface area (Å²) in [4.78, 5) is 0.408. The van der Waals surface area contributed by atoms with Crippen LogP contribution in [0.4, 0.5) is 5.69 Å². The quantitative estimate of drug-likeness (QED) is 0.578. The molecule has 0 spiro atoms. The Kier molecular flexibility index (Phi) is 5.77. The highest BCUT2D eigenvalue weighted by molar-refractivity contribution is 7.80. The number of nitrogens with one attached hydrogen (secondary N) is 1. The predicted molar refractivity (Wildman–Crippen MR) is 76.9 cm³/mol. The summed E-state index contributed by atoms with van der Waals surface area (Å²) in [6, 6.07) is 5.69. The van der Waals surface area contributed by atoms with Crippen LogP contribution in [0.15, 0.2) is 18.2 Å². The molecule has 3 N–H and O–H groups in total. The van der Waals surface area contributed by atoms with Crippen LogP contribution in [0, 0.1) is 0 Å². The third-order valence-electron chi connectivity index (χ3n) is 2.59. The van der Waals surface area contributed by atoms with Gasteiger partial charge >= 0.3 is 0 Å². The number of rotatable bonds is 7. The van der Waals surface area contributed by atoms with Gasteiger partial charge in [0.1, 0.15) is 10.7 Å². The van der Waals surface area contributed by atoms with Crippen LogP contribution in [0.25, 0.3) is 0 Å². The van der Waals surface area contributed by atoms with Gasteiger partial charge in [-0.25, -0.2) is 0 Å². The number of ether oxygens (including phenoxy) is 1. The molecule has 0 saturated heterocycles. The van der Waals surface area contributed by atoms with Crippen molar-refractivity contribution in [3.8, 4) is 5.75 Å². The maximum Gasteiger partial charge on any atom is 0.120 e. The first-order valence-electron chi connectivity index (χ1n) is 5.90. The Hall–Kier alpha value is -1.29. The van der Waals surface area contributed by atoms with Crippen LogP contribution < -0.4 is 15.8 Å². The van der Waals surface area contributed by atoms with Crippen molar-refractivity contribution in [3.63, 3.8) is 0 Å². The van der Waals surface area contributed by atoms with Crippen molar-refractivity contribution in [3.05, 3.63) is 23.8 Å². The standard InChI is InChI=1S/C13H20N2OS/c1-3-4-5-8-15-12-9-10(16-2)6-7-11(12)13(14)17/h6-7,9,15H,3-5,8H2,1-2H3,(H2,14,17). The molecule has 0 fully saturated rings. The highest BCUT2D eigenvalue weighted by Crippen LogP contribution is 2.22. The summed E-state index contributed by atoms with van der Waals surface area (Å²) in [6.45, 7) is 3.11. The van der Waals surface area contributed by atoms with E-state index in [9.17, 15) is 0 Å². The number of nitrogens with two attached hydrogens (primary N) is 1. The molecule has 0 aliphatic heterocycles. The second-order valence-electron chi connectivity index (χ2n) is 3.91. The van der Waals surface area contributed by atoms with Crippen molar-refractivity contribution >= 4 is 22.9 Å². The molecule has 1 rings (SSSR count). The van der Waals surface area contributed by atoms with Gasteiger partial charge in [-0.15, -0.1) is 0 Å². The number of methoxy groups -OCH3 is 1. The van der Waals surface area contributed by atoms with Crippen LogP contribution in [-0.4, -0.2) is 18.6 Å². The van der Waals surface area contributed by atoms with Gasteiger partial charge in [-0.1, -0.05) is 32.0 Å². The van der Waals surface area contributed by atoms with Gasteiger partial charge in [0.2, 0.25) is 0 Å². The molecule has 0 bridgehead atoms. The largest absolute Gasteiger partial charge is 0.497 e. The van der Waals surface area contributed by atoms with Gasteiger partial charge in [-0.2, -0.15) is 0 Å². The summed E-state index contributed by atoms with van der Waals surface area (Å²) in [5.41, 5.74) is 7.51. The van der Waals surface area contributed by atoms with Gasteiger partial charge in [0, 0.05) is 23.9 Å². The van der Waals surface area contributed by atoms with Crippen LogP contribution in [0.5, 0.6) is 5.75 Å². The molecular formula is C13H20N2OS. The number of anilines is 1. The first-order chi connectivity index (χ1) is 8.19. The van der Waals surface area contributed by atoms with Crippen LogP contribution in [0.1, 0.15) is 31.7 Å². The SMILES string of the molecule is CCCCCNc1cc(OC)ccc1C(N)=S. The topological polar surface area (TPSA) is 47.3 Å². The molecule has 0 aliphatic carbocycles. The van der Waals surface area contributed by atoms with Crippen molar-refractivity contribution in [2.75, 3.05) is 19.0 Å². The Balaban J connectivity index is 2.75. The van der Waals surface area contributed by atoms with Crippen LogP contribution in [0.3, 0.4) is 0 Å². The molecule has 1 aromatic rings. The fourth-order valence-electron chi connectivity index (χ4n) is 1.61. The van der Waals surface area contributed by atoms with Crippen molar-refractivity contribution in [1.29, 1.82) is 0 Å². The number of unbranched alkanes of at least 4 members (excludes halogenated alkanes) is 2. The minimum absolute atomic E-state index is 0.408. The van der Waals surface area contributed by atoms with Gasteiger partial charge < -0.3 is 15.8 Å². The maximum atomic E-state index is 5.69. The summed E-state index contributed by atoms with van der Waals surface area (Å²) in [6.07, 6.45) is 3.58. The zero-order valence-corrected chi connectivity index (χ0v) is 11.3. The average molecular weight is 252 g/mol. The van der Waals surface area contributed by atoms with Gasteiger partial charge in [-0.05, 0) is 18.6 Å².